The molecular formula is CaCoOW. The van der Waals surface area contributed by atoms with E-state index in [-0.39, 0.29) is 54.5 Å². The van der Waals surface area contributed by atoms with Crippen molar-refractivity contribution < 1.29 is 40.0 Å². The quantitative estimate of drug-likeness (QED) is 0.551. The SMILES string of the molecule is [Ca].[Co].[O]=[W]. The minimum atomic E-state index is 0. The Hall–Kier alpha value is 2.25. The van der Waals surface area contributed by atoms with Crippen molar-refractivity contribution >= 4 is 37.7 Å². The van der Waals surface area contributed by atoms with Crippen LogP contribution < -0.4 is 0 Å². The van der Waals surface area contributed by atoms with Crippen molar-refractivity contribution in [3.63, 3.8) is 0 Å². The van der Waals surface area contributed by atoms with Crippen LogP contribution in [0.3, 0.4) is 0 Å². The summed E-state index contributed by atoms with van der Waals surface area (Å²) >= 11 is 0.333. The molecule has 0 aliphatic heterocycles. The molecule has 0 bridgehead atoms. The van der Waals surface area contributed by atoms with Crippen molar-refractivity contribution in [2.45, 2.75) is 0 Å². The van der Waals surface area contributed by atoms with Crippen molar-refractivity contribution in [2.24, 2.45) is 0 Å². The Bertz CT molecular complexity index is 8.00. The van der Waals surface area contributed by atoms with Gasteiger partial charge in [-0.3, -0.25) is 0 Å². The molecule has 0 fully saturated rings. The predicted molar refractivity (Wildman–Crippen MR) is 6.44 cm³/mol. The predicted octanol–water partition coefficient (Wildman–Crippen LogP) is -0.505. The van der Waals surface area contributed by atoms with Crippen LogP contribution in [0.25, 0.3) is 0 Å². The molecule has 0 aliphatic rings. The molecule has 4 heavy (non-hydrogen) atoms. The molecule has 23 valence electrons. The van der Waals surface area contributed by atoms with Crippen LogP contribution in [0, 0.1) is 0 Å². The Morgan fingerprint density at radius 1 is 1.25 bits per heavy atom. The molecule has 0 amide bonds. The summed E-state index contributed by atoms with van der Waals surface area (Å²) in [6.07, 6.45) is 0. The Balaban J connectivity index is -0.00000000500. The van der Waals surface area contributed by atoms with E-state index in [1.165, 1.54) is 0 Å². The van der Waals surface area contributed by atoms with Gasteiger partial charge >= 0.3 is 23.2 Å². The van der Waals surface area contributed by atoms with E-state index in [0.717, 1.165) is 0 Å². The van der Waals surface area contributed by atoms with Gasteiger partial charge in [0.2, 0.25) is 0 Å². The monoisotopic (exact) mass is 299 g/mol. The Kier molecular flexibility index (Phi) is 76.3. The average Bonchev–Trinajstić information content (AvgIpc) is 1.00. The molecular weight excluding hydrogens is 299 g/mol. The first kappa shape index (κ1) is 16.3. The second kappa shape index (κ2) is 18.7. The maximum atomic E-state index is 8.33. The van der Waals surface area contributed by atoms with Crippen LogP contribution >= 0.6 is 0 Å². The van der Waals surface area contributed by atoms with E-state index in [1.54, 1.807) is 0 Å². The maximum absolute atomic E-state index is 8.33. The summed E-state index contributed by atoms with van der Waals surface area (Å²) in [5.41, 5.74) is 0. The van der Waals surface area contributed by atoms with Crippen molar-refractivity contribution in [2.75, 3.05) is 0 Å². The van der Waals surface area contributed by atoms with E-state index < -0.39 is 0 Å². The summed E-state index contributed by atoms with van der Waals surface area (Å²) in [4.78, 5) is 0. The van der Waals surface area contributed by atoms with Crippen LogP contribution in [-0.2, 0) is 40.0 Å². The zero-order valence-corrected chi connectivity index (χ0v) is 8.04. The van der Waals surface area contributed by atoms with Gasteiger partial charge in [0.1, 0.15) is 0 Å². The van der Waals surface area contributed by atoms with E-state index in [0.29, 0.717) is 19.8 Å². The van der Waals surface area contributed by atoms with Gasteiger partial charge in [0, 0.05) is 54.5 Å². The van der Waals surface area contributed by atoms with Crippen molar-refractivity contribution in [1.29, 1.82) is 0 Å². The van der Waals surface area contributed by atoms with Gasteiger partial charge in [-0.25, -0.2) is 0 Å². The summed E-state index contributed by atoms with van der Waals surface area (Å²) in [7, 11) is 0. The van der Waals surface area contributed by atoms with Crippen LogP contribution in [0.1, 0.15) is 0 Å². The van der Waals surface area contributed by atoms with Crippen LogP contribution in [-0.4, -0.2) is 37.7 Å². The molecule has 0 saturated heterocycles. The van der Waals surface area contributed by atoms with Gasteiger partial charge < -0.3 is 0 Å². The van der Waals surface area contributed by atoms with E-state index in [4.69, 9.17) is 3.40 Å². The van der Waals surface area contributed by atoms with E-state index in [1.807, 2.05) is 0 Å². The Morgan fingerprint density at radius 2 is 1.25 bits per heavy atom. The molecule has 0 rings (SSSR count). The Morgan fingerprint density at radius 3 is 1.25 bits per heavy atom. The fraction of sp³-hybridized carbons (Fsp3) is 0. The second-order valence-electron chi connectivity index (χ2n) is 0. The molecule has 0 spiro atoms. The fourth-order valence-electron chi connectivity index (χ4n) is 0. The van der Waals surface area contributed by atoms with Crippen molar-refractivity contribution in [3.8, 4) is 0 Å². The molecule has 0 saturated carbocycles. The summed E-state index contributed by atoms with van der Waals surface area (Å²) in [6.45, 7) is 0. The topological polar surface area (TPSA) is 17.1 Å². The Labute approximate surface area is 76.3 Å². The van der Waals surface area contributed by atoms with Gasteiger partial charge in [-0.1, -0.05) is 0 Å². The van der Waals surface area contributed by atoms with Crippen molar-refractivity contribution in [3.05, 3.63) is 0 Å². The molecule has 0 atom stereocenters. The van der Waals surface area contributed by atoms with Crippen LogP contribution in [0.5, 0.6) is 0 Å². The van der Waals surface area contributed by atoms with Crippen molar-refractivity contribution in [1.82, 2.24) is 0 Å². The van der Waals surface area contributed by atoms with E-state index >= 15 is 0 Å². The first-order chi connectivity index (χ1) is 1.00. The summed E-state index contributed by atoms with van der Waals surface area (Å²) < 4.78 is 8.33. The van der Waals surface area contributed by atoms with E-state index in [2.05, 4.69) is 0 Å². The first-order valence-electron chi connectivity index (χ1n) is 0.167. The number of rotatable bonds is 0. The average molecular weight is 299 g/mol. The molecule has 0 unspecified atom stereocenters. The number of hydrogen-bond acceptors (Lipinski definition) is 1. The standard InChI is InChI=1S/Ca.Co.O.W. The molecule has 0 aromatic heterocycles. The van der Waals surface area contributed by atoms with Gasteiger partial charge in [-0.15, -0.1) is 0 Å². The minimum absolute atomic E-state index is 0. The van der Waals surface area contributed by atoms with Gasteiger partial charge in [-0.2, -0.15) is 0 Å². The molecule has 0 N–H and O–H groups in total. The molecule has 0 heterocycles. The molecule has 0 aromatic rings. The molecule has 0 aliphatic carbocycles. The van der Waals surface area contributed by atoms with Gasteiger partial charge in [0.25, 0.3) is 0 Å². The molecule has 0 aromatic carbocycles. The third-order valence-corrected chi connectivity index (χ3v) is 0. The molecule has 4 heteroatoms. The third-order valence-electron chi connectivity index (χ3n) is 0. The summed E-state index contributed by atoms with van der Waals surface area (Å²) in [6, 6.07) is 0. The first-order valence-corrected chi connectivity index (χ1v) is 1.36. The molecule has 1 nitrogen and oxygen atoms in total. The van der Waals surface area contributed by atoms with Crippen LogP contribution in [0.4, 0.5) is 0 Å². The number of hydrogen-bond donors (Lipinski definition) is 0. The second-order valence-corrected chi connectivity index (χ2v) is 0. The zero-order valence-electron chi connectivity index (χ0n) is 1.86. The summed E-state index contributed by atoms with van der Waals surface area (Å²) in [5.74, 6) is 0. The van der Waals surface area contributed by atoms with Crippen LogP contribution in [0.15, 0.2) is 0 Å². The normalized spacial score (nSPS) is 1.00. The van der Waals surface area contributed by atoms with Gasteiger partial charge in [0.05, 0.1) is 0 Å². The zero-order chi connectivity index (χ0) is 2.00. The van der Waals surface area contributed by atoms with Gasteiger partial charge in [0.15, 0.2) is 0 Å². The van der Waals surface area contributed by atoms with Crippen LogP contribution in [0.2, 0.25) is 0 Å². The van der Waals surface area contributed by atoms with Gasteiger partial charge in [-0.05, 0) is 0 Å². The molecule has 3 radical (unpaired) electrons. The third kappa shape index (κ3) is 8.87. The summed E-state index contributed by atoms with van der Waals surface area (Å²) in [5, 5.41) is 0. The fourth-order valence-corrected chi connectivity index (χ4v) is 0. The van der Waals surface area contributed by atoms with E-state index in [9.17, 15) is 0 Å².